The maximum atomic E-state index is 5.30. The Morgan fingerprint density at radius 1 is 1.20 bits per heavy atom. The van der Waals surface area contributed by atoms with Crippen LogP contribution in [-0.2, 0) is 0 Å². The van der Waals surface area contributed by atoms with E-state index in [2.05, 4.69) is 31.1 Å². The predicted octanol–water partition coefficient (Wildman–Crippen LogP) is 3.57. The van der Waals surface area contributed by atoms with Gasteiger partial charge in [0.05, 0.1) is 12.7 Å². The summed E-state index contributed by atoms with van der Waals surface area (Å²) in [5.74, 6) is 1.59. The number of pyridine rings is 1. The molecule has 0 fully saturated rings. The Morgan fingerprint density at radius 3 is 2.85 bits per heavy atom. The van der Waals surface area contributed by atoms with Gasteiger partial charge < -0.3 is 9.26 Å². The molecular formula is C14H10BrN3O2. The van der Waals surface area contributed by atoms with E-state index in [1.54, 1.807) is 13.3 Å². The van der Waals surface area contributed by atoms with Crippen molar-refractivity contribution in [1.29, 1.82) is 0 Å². The maximum Gasteiger partial charge on any atom is 0.259 e. The number of benzene rings is 1. The van der Waals surface area contributed by atoms with E-state index in [-0.39, 0.29) is 0 Å². The van der Waals surface area contributed by atoms with Crippen molar-refractivity contribution in [3.63, 3.8) is 0 Å². The third-order valence-corrected chi connectivity index (χ3v) is 3.42. The molecule has 0 aliphatic rings. The van der Waals surface area contributed by atoms with E-state index in [1.165, 1.54) is 0 Å². The van der Waals surface area contributed by atoms with Crippen molar-refractivity contribution in [1.82, 2.24) is 15.1 Å². The molecule has 0 saturated heterocycles. The topological polar surface area (TPSA) is 61.0 Å². The summed E-state index contributed by atoms with van der Waals surface area (Å²) in [7, 11) is 1.61. The van der Waals surface area contributed by atoms with Crippen LogP contribution in [0.5, 0.6) is 5.75 Å². The molecule has 0 atom stereocenters. The number of rotatable bonds is 3. The molecule has 5 nitrogen and oxygen atoms in total. The first kappa shape index (κ1) is 12.8. The maximum absolute atomic E-state index is 5.30. The third-order valence-electron chi connectivity index (χ3n) is 2.72. The van der Waals surface area contributed by atoms with Gasteiger partial charge in [-0.1, -0.05) is 11.2 Å². The molecule has 0 aliphatic heterocycles. The molecule has 0 radical (unpaired) electrons. The molecule has 0 saturated carbocycles. The average molecular weight is 332 g/mol. The van der Waals surface area contributed by atoms with Crippen molar-refractivity contribution in [3.05, 3.63) is 47.1 Å². The molecule has 0 aliphatic carbocycles. The van der Waals surface area contributed by atoms with Gasteiger partial charge in [0, 0.05) is 10.7 Å². The molecule has 0 amide bonds. The number of hydrogen-bond donors (Lipinski definition) is 0. The molecule has 3 rings (SSSR count). The van der Waals surface area contributed by atoms with Crippen molar-refractivity contribution in [2.24, 2.45) is 0 Å². The largest absolute Gasteiger partial charge is 0.497 e. The summed E-state index contributed by atoms with van der Waals surface area (Å²) in [6, 6.07) is 11.1. The second kappa shape index (κ2) is 5.42. The second-order valence-corrected chi connectivity index (χ2v) is 4.84. The van der Waals surface area contributed by atoms with E-state index >= 15 is 0 Å². The number of aromatic nitrogens is 3. The normalized spacial score (nSPS) is 10.5. The Labute approximate surface area is 123 Å². The molecule has 0 unspecified atom stereocenters. The van der Waals surface area contributed by atoms with Crippen LogP contribution in [-0.4, -0.2) is 22.2 Å². The van der Waals surface area contributed by atoms with E-state index in [9.17, 15) is 0 Å². The van der Waals surface area contributed by atoms with Crippen LogP contribution in [0, 0.1) is 0 Å². The highest BCUT2D eigenvalue weighted by Gasteiger charge is 2.14. The van der Waals surface area contributed by atoms with Gasteiger partial charge in [-0.2, -0.15) is 4.98 Å². The lowest BCUT2D eigenvalue weighted by Crippen LogP contribution is -1.87. The van der Waals surface area contributed by atoms with E-state index in [0.717, 1.165) is 15.8 Å². The monoisotopic (exact) mass is 331 g/mol. The highest BCUT2D eigenvalue weighted by atomic mass is 79.9. The summed E-state index contributed by atoms with van der Waals surface area (Å²) in [5, 5.41) is 3.95. The van der Waals surface area contributed by atoms with Crippen molar-refractivity contribution < 1.29 is 9.26 Å². The Hall–Kier alpha value is -2.21. The van der Waals surface area contributed by atoms with E-state index in [0.29, 0.717) is 17.4 Å². The van der Waals surface area contributed by atoms with Crippen molar-refractivity contribution in [3.8, 4) is 28.7 Å². The number of hydrogen-bond acceptors (Lipinski definition) is 5. The van der Waals surface area contributed by atoms with Gasteiger partial charge in [-0.05, 0) is 46.3 Å². The fourth-order valence-electron chi connectivity index (χ4n) is 1.73. The van der Waals surface area contributed by atoms with Crippen LogP contribution in [0.2, 0.25) is 0 Å². The van der Waals surface area contributed by atoms with Gasteiger partial charge in [-0.15, -0.1) is 0 Å². The summed E-state index contributed by atoms with van der Waals surface area (Å²) >= 11 is 3.46. The standard InChI is InChI=1S/C14H10BrN3O2/c1-19-9-5-6-11(15)10(8-9)14-17-13(18-20-14)12-4-2-3-7-16-12/h2-8H,1H3. The lowest BCUT2D eigenvalue weighted by Gasteiger charge is -2.02. The lowest BCUT2D eigenvalue weighted by atomic mass is 10.2. The SMILES string of the molecule is COc1ccc(Br)c(-c2nc(-c3ccccn3)no2)c1. The zero-order chi connectivity index (χ0) is 13.9. The lowest BCUT2D eigenvalue weighted by molar-refractivity contribution is 0.413. The fourth-order valence-corrected chi connectivity index (χ4v) is 2.14. The Balaban J connectivity index is 2.02. The number of methoxy groups -OCH3 is 1. The van der Waals surface area contributed by atoms with Gasteiger partial charge in [0.25, 0.3) is 5.89 Å². The average Bonchev–Trinajstić information content (AvgIpc) is 2.98. The number of ether oxygens (including phenoxy) is 1. The molecule has 100 valence electrons. The summed E-state index contributed by atoms with van der Waals surface area (Å²) in [6.45, 7) is 0. The number of halogens is 1. The van der Waals surface area contributed by atoms with Gasteiger partial charge >= 0.3 is 0 Å². The quantitative estimate of drug-likeness (QED) is 0.734. The minimum atomic E-state index is 0.413. The van der Waals surface area contributed by atoms with E-state index < -0.39 is 0 Å². The smallest absolute Gasteiger partial charge is 0.259 e. The van der Waals surface area contributed by atoms with Gasteiger partial charge in [0.15, 0.2) is 0 Å². The molecule has 0 N–H and O–H groups in total. The van der Waals surface area contributed by atoms with Gasteiger partial charge in [0.2, 0.25) is 5.82 Å². The highest BCUT2D eigenvalue weighted by molar-refractivity contribution is 9.10. The third kappa shape index (κ3) is 2.42. The minimum Gasteiger partial charge on any atom is -0.497 e. The van der Waals surface area contributed by atoms with Crippen LogP contribution in [0.1, 0.15) is 0 Å². The first-order chi connectivity index (χ1) is 9.78. The van der Waals surface area contributed by atoms with Crippen molar-refractivity contribution >= 4 is 15.9 Å². The summed E-state index contributed by atoms with van der Waals surface area (Å²) in [6.07, 6.45) is 1.69. The first-order valence-corrected chi connectivity index (χ1v) is 6.66. The molecular weight excluding hydrogens is 322 g/mol. The van der Waals surface area contributed by atoms with Crippen LogP contribution >= 0.6 is 15.9 Å². The Bertz CT molecular complexity index is 728. The molecule has 0 spiro atoms. The van der Waals surface area contributed by atoms with Crippen LogP contribution in [0.25, 0.3) is 23.0 Å². The van der Waals surface area contributed by atoms with Gasteiger partial charge in [0.1, 0.15) is 11.4 Å². The zero-order valence-corrected chi connectivity index (χ0v) is 12.2. The Kier molecular flexibility index (Phi) is 3.47. The van der Waals surface area contributed by atoms with Crippen LogP contribution in [0.3, 0.4) is 0 Å². The van der Waals surface area contributed by atoms with Gasteiger partial charge in [-0.3, -0.25) is 4.98 Å². The van der Waals surface area contributed by atoms with Crippen LogP contribution in [0.4, 0.5) is 0 Å². The second-order valence-electron chi connectivity index (χ2n) is 3.98. The van der Waals surface area contributed by atoms with E-state index in [1.807, 2.05) is 36.4 Å². The molecule has 3 aromatic rings. The van der Waals surface area contributed by atoms with Crippen LogP contribution < -0.4 is 4.74 Å². The Morgan fingerprint density at radius 2 is 2.10 bits per heavy atom. The predicted molar refractivity (Wildman–Crippen MR) is 77.2 cm³/mol. The molecule has 6 heteroatoms. The molecule has 0 bridgehead atoms. The minimum absolute atomic E-state index is 0.413. The highest BCUT2D eigenvalue weighted by Crippen LogP contribution is 2.31. The first-order valence-electron chi connectivity index (χ1n) is 5.87. The van der Waals surface area contributed by atoms with Crippen molar-refractivity contribution in [2.75, 3.05) is 7.11 Å². The molecule has 1 aromatic carbocycles. The van der Waals surface area contributed by atoms with Gasteiger partial charge in [-0.25, -0.2) is 0 Å². The van der Waals surface area contributed by atoms with E-state index in [4.69, 9.17) is 9.26 Å². The van der Waals surface area contributed by atoms with Crippen LogP contribution in [0.15, 0.2) is 51.6 Å². The fraction of sp³-hybridized carbons (Fsp3) is 0.0714. The molecule has 2 heterocycles. The number of nitrogens with zero attached hydrogens (tertiary/aromatic N) is 3. The zero-order valence-electron chi connectivity index (χ0n) is 10.6. The summed E-state index contributed by atoms with van der Waals surface area (Å²) < 4.78 is 11.4. The summed E-state index contributed by atoms with van der Waals surface area (Å²) in [4.78, 5) is 8.55. The molecule has 2 aromatic heterocycles. The van der Waals surface area contributed by atoms with Crippen molar-refractivity contribution in [2.45, 2.75) is 0 Å². The molecule has 20 heavy (non-hydrogen) atoms. The summed E-state index contributed by atoms with van der Waals surface area (Å²) in [5.41, 5.74) is 1.44.